The van der Waals surface area contributed by atoms with E-state index in [0.29, 0.717) is 0 Å². The molecule has 10 nitrogen and oxygen atoms in total. The molecule has 1 heterocycles. The Labute approximate surface area is 128 Å². The zero-order valence-corrected chi connectivity index (χ0v) is 14.0. The molecule has 0 saturated heterocycles. The molecule has 1 aromatic heterocycles. The Hall–Kier alpha value is -1.44. The van der Waals surface area contributed by atoms with Crippen LogP contribution in [0.3, 0.4) is 0 Å². The van der Waals surface area contributed by atoms with E-state index >= 15 is 0 Å². The number of aryl methyl sites for hydroxylation is 1. The van der Waals surface area contributed by atoms with Gasteiger partial charge in [0, 0.05) is 19.8 Å². The lowest BCUT2D eigenvalue weighted by Crippen LogP contribution is -2.27. The molecule has 0 unspecified atom stereocenters. The van der Waals surface area contributed by atoms with Gasteiger partial charge in [0.25, 0.3) is 0 Å². The maximum atomic E-state index is 12.9. The molecule has 0 aliphatic heterocycles. The Kier molecular flexibility index (Phi) is 7.72. The minimum Gasteiger partial charge on any atom is -0.343 e. The molecule has 1 aromatic rings. The third kappa shape index (κ3) is 10.3. The van der Waals surface area contributed by atoms with Gasteiger partial charge in [-0.15, -0.1) is 0 Å². The highest BCUT2D eigenvalue weighted by molar-refractivity contribution is 7.90. The van der Waals surface area contributed by atoms with E-state index in [4.69, 9.17) is 4.55 Å². The van der Waals surface area contributed by atoms with Gasteiger partial charge >= 0.3 is 16.5 Å². The molecule has 1 rings (SSSR count). The summed E-state index contributed by atoms with van der Waals surface area (Å²) in [4.78, 5) is 12.2. The highest BCUT2D eigenvalue weighted by atomic mass is 32.3. The maximum Gasteiger partial charge on any atom is 0.397 e. The van der Waals surface area contributed by atoms with E-state index in [1.54, 1.807) is 14.0 Å². The molecule has 0 aromatic carbocycles. The van der Waals surface area contributed by atoms with Crippen molar-refractivity contribution in [2.45, 2.75) is 6.92 Å². The van der Waals surface area contributed by atoms with Crippen molar-refractivity contribution in [1.29, 1.82) is 0 Å². The van der Waals surface area contributed by atoms with Gasteiger partial charge in [0.1, 0.15) is 15.7 Å². The zero-order valence-electron chi connectivity index (χ0n) is 12.4. The summed E-state index contributed by atoms with van der Waals surface area (Å²) in [6.07, 6.45) is 0.272. The van der Waals surface area contributed by atoms with Crippen LogP contribution in [-0.2, 0) is 24.4 Å². The molecule has 0 saturated carbocycles. The molecule has 0 aliphatic carbocycles. The van der Waals surface area contributed by atoms with Gasteiger partial charge in [-0.3, -0.25) is 8.74 Å². The van der Waals surface area contributed by atoms with Crippen molar-refractivity contribution in [2.75, 3.05) is 37.6 Å². The number of halogens is 1. The number of nitrogens with zero attached hydrogens (tertiary/aromatic N) is 4. The van der Waals surface area contributed by atoms with Crippen LogP contribution < -0.4 is 4.90 Å². The number of rotatable bonds is 5. The highest BCUT2D eigenvalue weighted by Crippen LogP contribution is 2.05. The summed E-state index contributed by atoms with van der Waals surface area (Å²) in [5, 5.41) is 0. The molecular formula is C9H17FN4O6S2. The van der Waals surface area contributed by atoms with Gasteiger partial charge in [0.15, 0.2) is 0 Å². The average molecular weight is 360 g/mol. The molecule has 0 bridgehead atoms. The second-order valence-corrected chi connectivity index (χ2v) is 7.55. The number of hydrogen-bond donors (Lipinski definition) is 1. The molecule has 128 valence electrons. The Balaban J connectivity index is 0.000000626. The predicted molar refractivity (Wildman–Crippen MR) is 76.1 cm³/mol. The lowest BCUT2D eigenvalue weighted by atomic mass is 10.6. The smallest absolute Gasteiger partial charge is 0.343 e. The van der Waals surface area contributed by atoms with Gasteiger partial charge in [0.2, 0.25) is 5.95 Å². The van der Waals surface area contributed by atoms with E-state index in [2.05, 4.69) is 19.1 Å². The van der Waals surface area contributed by atoms with Crippen LogP contribution in [0.1, 0.15) is 5.82 Å². The van der Waals surface area contributed by atoms with E-state index in [0.717, 1.165) is 13.4 Å². The van der Waals surface area contributed by atoms with Gasteiger partial charge in [0.05, 0.1) is 12.9 Å². The Morgan fingerprint density at radius 3 is 2.09 bits per heavy atom. The minimum absolute atomic E-state index is 0.0319. The monoisotopic (exact) mass is 360 g/mol. The first-order valence-corrected chi connectivity index (χ1v) is 9.06. The van der Waals surface area contributed by atoms with Crippen LogP contribution in [0.5, 0.6) is 0 Å². The quantitative estimate of drug-likeness (QED) is 0.666. The molecule has 0 fully saturated rings. The van der Waals surface area contributed by atoms with E-state index in [1.165, 1.54) is 4.90 Å². The van der Waals surface area contributed by atoms with Crippen molar-refractivity contribution in [3.63, 3.8) is 0 Å². The largest absolute Gasteiger partial charge is 0.397 e. The molecular weight excluding hydrogens is 343 g/mol. The highest BCUT2D eigenvalue weighted by Gasteiger charge is 2.10. The summed E-state index contributed by atoms with van der Waals surface area (Å²) in [6, 6.07) is 0. The van der Waals surface area contributed by atoms with Crippen LogP contribution >= 0.6 is 0 Å². The molecule has 13 heteroatoms. The van der Waals surface area contributed by atoms with Crippen molar-refractivity contribution in [3.05, 3.63) is 11.9 Å². The summed E-state index contributed by atoms with van der Waals surface area (Å²) in [6.45, 7) is 1.75. The first-order chi connectivity index (χ1) is 9.84. The minimum atomic E-state index is -4.16. The molecule has 22 heavy (non-hydrogen) atoms. The summed E-state index contributed by atoms with van der Waals surface area (Å²) in [5.41, 5.74) is 0. The van der Waals surface area contributed by atoms with Gasteiger partial charge in [-0.2, -0.15) is 27.8 Å². The molecule has 1 N–H and O–H groups in total. The standard InChI is InChI=1S/C8H13FN4O2S.CH4O4S/c1-6-10-7(9)12-8(11-6)13(2)4-5-16(3,14)15;1-5-6(2,3)4/h4-5H2,1-3H3;1H3,(H,2,3,4). The fourth-order valence-electron chi connectivity index (χ4n) is 1.01. The summed E-state index contributed by atoms with van der Waals surface area (Å²) < 4.78 is 64.5. The topological polar surface area (TPSA) is 140 Å². The lowest BCUT2D eigenvalue weighted by molar-refractivity contribution is 0.324. The molecule has 0 amide bonds. The van der Waals surface area contributed by atoms with Crippen molar-refractivity contribution >= 4 is 26.2 Å². The van der Waals surface area contributed by atoms with E-state index < -0.39 is 26.3 Å². The Morgan fingerprint density at radius 1 is 1.23 bits per heavy atom. The second kappa shape index (κ2) is 8.26. The number of sulfone groups is 1. The normalized spacial score (nSPS) is 11.5. The number of hydrogen-bond acceptors (Lipinski definition) is 9. The second-order valence-electron chi connectivity index (χ2n) is 4.10. The number of anilines is 1. The van der Waals surface area contributed by atoms with E-state index in [1.807, 2.05) is 0 Å². The van der Waals surface area contributed by atoms with Gasteiger partial charge in [-0.05, 0) is 6.92 Å². The van der Waals surface area contributed by atoms with Gasteiger partial charge in [-0.1, -0.05) is 0 Å². The first kappa shape index (κ1) is 20.6. The van der Waals surface area contributed by atoms with E-state index in [9.17, 15) is 21.2 Å². The SMILES string of the molecule is COS(=O)(=O)O.Cc1nc(F)nc(N(C)CCS(C)(=O)=O)n1. The zero-order chi connectivity index (χ0) is 17.6. The number of aromatic nitrogens is 3. The van der Waals surface area contributed by atoms with Crippen molar-refractivity contribution < 1.29 is 30.0 Å². The Bertz CT molecular complexity index is 674. The third-order valence-corrected chi connectivity index (χ3v) is 3.40. The average Bonchev–Trinajstić information content (AvgIpc) is 2.33. The summed E-state index contributed by atoms with van der Waals surface area (Å²) >= 11 is 0. The fourth-order valence-corrected chi connectivity index (χ4v) is 1.61. The van der Waals surface area contributed by atoms with Crippen LogP contribution in [0, 0.1) is 13.0 Å². The van der Waals surface area contributed by atoms with Crippen LogP contribution in [0.2, 0.25) is 0 Å². The van der Waals surface area contributed by atoms with Crippen LogP contribution in [-0.4, -0.2) is 69.1 Å². The van der Waals surface area contributed by atoms with Gasteiger partial charge in [-0.25, -0.2) is 8.42 Å². The molecule has 0 aliphatic rings. The predicted octanol–water partition coefficient (Wildman–Crippen LogP) is -0.764. The lowest BCUT2D eigenvalue weighted by Gasteiger charge is -2.15. The van der Waals surface area contributed by atoms with Crippen molar-refractivity contribution in [1.82, 2.24) is 15.0 Å². The third-order valence-electron chi connectivity index (χ3n) is 2.06. The van der Waals surface area contributed by atoms with Crippen LogP contribution in [0.25, 0.3) is 0 Å². The van der Waals surface area contributed by atoms with Crippen molar-refractivity contribution in [3.8, 4) is 0 Å². The summed E-state index contributed by atoms with van der Waals surface area (Å²) in [5.74, 6) is 0.359. The molecule has 0 atom stereocenters. The van der Waals surface area contributed by atoms with Crippen molar-refractivity contribution in [2.24, 2.45) is 0 Å². The van der Waals surface area contributed by atoms with E-state index in [-0.39, 0.29) is 24.1 Å². The maximum absolute atomic E-state index is 12.9. The van der Waals surface area contributed by atoms with Gasteiger partial charge < -0.3 is 4.90 Å². The molecule has 0 spiro atoms. The first-order valence-electron chi connectivity index (χ1n) is 5.64. The molecule has 0 radical (unpaired) electrons. The van der Waals surface area contributed by atoms with Crippen LogP contribution in [0.15, 0.2) is 0 Å². The fraction of sp³-hybridized carbons (Fsp3) is 0.667. The Morgan fingerprint density at radius 2 is 1.73 bits per heavy atom. The van der Waals surface area contributed by atoms with Crippen LogP contribution in [0.4, 0.5) is 10.3 Å². The summed E-state index contributed by atoms with van der Waals surface area (Å²) in [7, 11) is -4.75.